The number of halogens is 3. The van der Waals surface area contributed by atoms with Gasteiger partial charge in [-0.3, -0.25) is 4.79 Å². The summed E-state index contributed by atoms with van der Waals surface area (Å²) in [6.07, 6.45) is -4.47. The molecule has 3 rings (SSSR count). The molecule has 0 aliphatic rings. The maximum atomic E-state index is 12.9. The molecular formula is C25H22F3NO6. The molecule has 0 aliphatic carbocycles. The van der Waals surface area contributed by atoms with E-state index in [9.17, 15) is 22.8 Å². The average Bonchev–Trinajstić information content (AvgIpc) is 2.86. The average molecular weight is 489 g/mol. The number of benzene rings is 3. The van der Waals surface area contributed by atoms with Crippen LogP contribution in [0.3, 0.4) is 0 Å². The Morgan fingerprint density at radius 3 is 2.00 bits per heavy atom. The van der Waals surface area contributed by atoms with Gasteiger partial charge in [0.15, 0.2) is 18.1 Å². The van der Waals surface area contributed by atoms with Crippen LogP contribution >= 0.6 is 0 Å². The first-order valence-corrected chi connectivity index (χ1v) is 10.2. The fourth-order valence-electron chi connectivity index (χ4n) is 3.31. The van der Waals surface area contributed by atoms with E-state index in [0.717, 1.165) is 12.1 Å². The highest BCUT2D eigenvalue weighted by atomic mass is 19.4. The molecule has 0 fully saturated rings. The minimum atomic E-state index is -4.47. The van der Waals surface area contributed by atoms with Crippen LogP contribution in [0.1, 0.15) is 15.9 Å². The zero-order chi connectivity index (χ0) is 25.6. The van der Waals surface area contributed by atoms with Gasteiger partial charge in [-0.05, 0) is 29.3 Å². The minimum Gasteiger partial charge on any atom is -0.493 e. The number of hydrogen-bond acceptors (Lipinski definition) is 6. The lowest BCUT2D eigenvalue weighted by molar-refractivity contribution is -0.137. The van der Waals surface area contributed by atoms with Crippen molar-refractivity contribution in [2.75, 3.05) is 33.3 Å². The SMILES string of the molecule is COc1cc(NC(=O)COC(=O)c2ccccc2-c2ccc(C(F)(F)F)cc2)cc(OC)c1OC. The van der Waals surface area contributed by atoms with Gasteiger partial charge in [-0.15, -0.1) is 0 Å². The largest absolute Gasteiger partial charge is 0.493 e. The molecule has 3 aromatic rings. The highest BCUT2D eigenvalue weighted by Crippen LogP contribution is 2.40. The van der Waals surface area contributed by atoms with E-state index in [4.69, 9.17) is 18.9 Å². The van der Waals surface area contributed by atoms with Crippen molar-refractivity contribution in [1.29, 1.82) is 0 Å². The molecule has 10 heteroatoms. The van der Waals surface area contributed by atoms with Gasteiger partial charge in [0, 0.05) is 17.8 Å². The lowest BCUT2D eigenvalue weighted by atomic mass is 9.98. The van der Waals surface area contributed by atoms with Crippen molar-refractivity contribution in [3.05, 3.63) is 71.8 Å². The number of anilines is 1. The summed E-state index contributed by atoms with van der Waals surface area (Å²) in [5.74, 6) is -0.436. The van der Waals surface area contributed by atoms with Crippen LogP contribution in [-0.4, -0.2) is 39.8 Å². The number of esters is 1. The molecule has 0 radical (unpaired) electrons. The van der Waals surface area contributed by atoms with Gasteiger partial charge in [0.05, 0.1) is 32.5 Å². The van der Waals surface area contributed by atoms with Gasteiger partial charge in [-0.25, -0.2) is 4.79 Å². The van der Waals surface area contributed by atoms with Crippen molar-refractivity contribution in [3.63, 3.8) is 0 Å². The molecule has 1 N–H and O–H groups in total. The Labute approximate surface area is 199 Å². The van der Waals surface area contributed by atoms with Gasteiger partial charge >= 0.3 is 12.1 Å². The number of amides is 1. The third-order valence-electron chi connectivity index (χ3n) is 4.95. The van der Waals surface area contributed by atoms with Crippen LogP contribution < -0.4 is 19.5 Å². The van der Waals surface area contributed by atoms with E-state index in [1.807, 2.05) is 0 Å². The summed E-state index contributed by atoms with van der Waals surface area (Å²) >= 11 is 0. The van der Waals surface area contributed by atoms with Crippen LogP contribution in [-0.2, 0) is 15.7 Å². The fourth-order valence-corrected chi connectivity index (χ4v) is 3.31. The van der Waals surface area contributed by atoms with E-state index < -0.39 is 30.2 Å². The Kier molecular flexibility index (Phi) is 7.85. The maximum absolute atomic E-state index is 12.9. The summed E-state index contributed by atoms with van der Waals surface area (Å²) in [5.41, 5.74) is 0.395. The number of nitrogens with one attached hydrogen (secondary N) is 1. The first-order valence-electron chi connectivity index (χ1n) is 10.2. The molecule has 0 heterocycles. The minimum absolute atomic E-state index is 0.104. The van der Waals surface area contributed by atoms with Crippen LogP contribution in [0.5, 0.6) is 17.2 Å². The van der Waals surface area contributed by atoms with Gasteiger partial charge in [0.25, 0.3) is 5.91 Å². The first kappa shape index (κ1) is 25.4. The van der Waals surface area contributed by atoms with Crippen molar-refractivity contribution in [3.8, 4) is 28.4 Å². The lowest BCUT2D eigenvalue weighted by Gasteiger charge is -2.15. The second kappa shape index (κ2) is 10.8. The van der Waals surface area contributed by atoms with Crippen molar-refractivity contribution in [2.24, 2.45) is 0 Å². The van der Waals surface area contributed by atoms with Crippen LogP contribution in [0.25, 0.3) is 11.1 Å². The molecule has 7 nitrogen and oxygen atoms in total. The standard InChI is InChI=1S/C25H22F3NO6/c1-32-20-12-17(13-21(33-2)23(20)34-3)29-22(30)14-35-24(31)19-7-5-4-6-18(19)15-8-10-16(11-9-15)25(26,27)28/h4-13H,14H2,1-3H3,(H,29,30). The summed E-state index contributed by atoms with van der Waals surface area (Å²) in [6.45, 7) is -0.600. The molecule has 1 amide bonds. The quantitative estimate of drug-likeness (QED) is 0.439. The van der Waals surface area contributed by atoms with E-state index in [1.54, 1.807) is 18.2 Å². The Balaban J connectivity index is 1.71. The first-order chi connectivity index (χ1) is 16.7. The second-order valence-corrected chi connectivity index (χ2v) is 7.16. The van der Waals surface area contributed by atoms with Gasteiger partial charge in [0.1, 0.15) is 0 Å². The fraction of sp³-hybridized carbons (Fsp3) is 0.200. The van der Waals surface area contributed by atoms with Crippen LogP contribution in [0.4, 0.5) is 18.9 Å². The molecule has 0 aromatic heterocycles. The van der Waals surface area contributed by atoms with Crippen molar-refractivity contribution in [2.45, 2.75) is 6.18 Å². The van der Waals surface area contributed by atoms with Crippen LogP contribution in [0.2, 0.25) is 0 Å². The van der Waals surface area contributed by atoms with Crippen molar-refractivity contribution >= 4 is 17.6 Å². The van der Waals surface area contributed by atoms with Crippen molar-refractivity contribution in [1.82, 2.24) is 0 Å². The van der Waals surface area contributed by atoms with Gasteiger partial charge in [-0.1, -0.05) is 30.3 Å². The summed E-state index contributed by atoms with van der Waals surface area (Å²) < 4.78 is 59.4. The maximum Gasteiger partial charge on any atom is 0.416 e. The number of alkyl halides is 3. The van der Waals surface area contributed by atoms with E-state index in [-0.39, 0.29) is 5.56 Å². The Bertz CT molecular complexity index is 1180. The molecule has 3 aromatic carbocycles. The molecule has 184 valence electrons. The monoisotopic (exact) mass is 489 g/mol. The van der Waals surface area contributed by atoms with Gasteiger partial charge < -0.3 is 24.3 Å². The van der Waals surface area contributed by atoms with E-state index in [0.29, 0.717) is 34.1 Å². The summed E-state index contributed by atoms with van der Waals surface area (Å²) in [7, 11) is 4.30. The molecule has 0 unspecified atom stereocenters. The zero-order valence-corrected chi connectivity index (χ0v) is 19.1. The number of carbonyl (C=O) groups is 2. The Hall–Kier alpha value is -4.21. The van der Waals surface area contributed by atoms with E-state index >= 15 is 0 Å². The molecule has 0 aliphatic heterocycles. The molecule has 0 atom stereocenters. The molecule has 0 saturated carbocycles. The van der Waals surface area contributed by atoms with Crippen LogP contribution in [0.15, 0.2) is 60.7 Å². The van der Waals surface area contributed by atoms with Gasteiger partial charge in [-0.2, -0.15) is 13.2 Å². The lowest BCUT2D eigenvalue weighted by Crippen LogP contribution is -2.21. The number of hydrogen-bond donors (Lipinski definition) is 1. The zero-order valence-electron chi connectivity index (χ0n) is 19.1. The highest BCUT2D eigenvalue weighted by Gasteiger charge is 2.30. The van der Waals surface area contributed by atoms with Crippen LogP contribution in [0, 0.1) is 0 Å². The topological polar surface area (TPSA) is 83.1 Å². The number of ether oxygens (including phenoxy) is 4. The second-order valence-electron chi connectivity index (χ2n) is 7.16. The molecule has 0 saturated heterocycles. The smallest absolute Gasteiger partial charge is 0.416 e. The van der Waals surface area contributed by atoms with Gasteiger partial charge in [0.2, 0.25) is 5.75 Å². The molecule has 0 bridgehead atoms. The number of rotatable bonds is 8. The predicted octanol–water partition coefficient (Wildman–Crippen LogP) is 5.19. The summed E-state index contributed by atoms with van der Waals surface area (Å²) in [4.78, 5) is 25.0. The Morgan fingerprint density at radius 2 is 1.46 bits per heavy atom. The normalized spacial score (nSPS) is 10.9. The Morgan fingerprint density at radius 1 is 0.857 bits per heavy atom. The van der Waals surface area contributed by atoms with E-state index in [2.05, 4.69) is 5.32 Å². The highest BCUT2D eigenvalue weighted by molar-refractivity contribution is 5.99. The predicted molar refractivity (Wildman–Crippen MR) is 122 cm³/mol. The summed E-state index contributed by atoms with van der Waals surface area (Å²) in [6, 6.07) is 13.7. The number of carbonyl (C=O) groups excluding carboxylic acids is 2. The van der Waals surface area contributed by atoms with Crippen molar-refractivity contribution < 1.29 is 41.7 Å². The molecular weight excluding hydrogens is 467 g/mol. The van der Waals surface area contributed by atoms with E-state index in [1.165, 1.54) is 51.7 Å². The summed E-state index contributed by atoms with van der Waals surface area (Å²) in [5, 5.41) is 2.58. The third kappa shape index (κ3) is 6.03. The third-order valence-corrected chi connectivity index (χ3v) is 4.95. The molecule has 35 heavy (non-hydrogen) atoms. The number of methoxy groups -OCH3 is 3. The molecule has 0 spiro atoms.